The number of allylic oxidation sites excluding steroid dienone is 3. The summed E-state index contributed by atoms with van der Waals surface area (Å²) in [5, 5.41) is 1.37. The number of fused-ring (bicyclic) bond motifs is 6. The number of aromatic nitrogens is 1. The number of para-hydroxylation sites is 2. The molecular formula is C36H38N2. The highest BCUT2D eigenvalue weighted by Crippen LogP contribution is 2.57. The van der Waals surface area contributed by atoms with Gasteiger partial charge in [0.2, 0.25) is 0 Å². The average molecular weight is 499 g/mol. The molecule has 0 radical (unpaired) electrons. The van der Waals surface area contributed by atoms with Crippen molar-refractivity contribution in [2.45, 2.75) is 64.8 Å². The van der Waals surface area contributed by atoms with E-state index >= 15 is 0 Å². The number of benzene rings is 3. The van der Waals surface area contributed by atoms with E-state index in [1.54, 1.807) is 0 Å². The minimum absolute atomic E-state index is 0.000861. The van der Waals surface area contributed by atoms with E-state index in [0.717, 1.165) is 0 Å². The second kappa shape index (κ2) is 7.99. The van der Waals surface area contributed by atoms with Gasteiger partial charge in [0.1, 0.15) is 0 Å². The molecule has 2 aliphatic carbocycles. The molecule has 1 aromatic heterocycles. The minimum Gasteiger partial charge on any atom is -0.337 e. The van der Waals surface area contributed by atoms with E-state index in [1.807, 2.05) is 0 Å². The lowest BCUT2D eigenvalue weighted by Gasteiger charge is -2.43. The molecule has 0 bridgehead atoms. The van der Waals surface area contributed by atoms with Crippen molar-refractivity contribution in [2.24, 2.45) is 11.3 Å². The largest absolute Gasteiger partial charge is 0.337 e. The lowest BCUT2D eigenvalue weighted by atomic mass is 9.66. The third-order valence-corrected chi connectivity index (χ3v) is 9.50. The number of nitrogens with zero attached hydrogens (tertiary/aromatic N) is 2. The Hall–Kier alpha value is -3.52. The van der Waals surface area contributed by atoms with Crippen LogP contribution in [0.1, 0.15) is 70.2 Å². The topological polar surface area (TPSA) is 8.17 Å². The first-order valence-corrected chi connectivity index (χ1v) is 14.2. The first-order chi connectivity index (χ1) is 18.2. The standard InChI is InChI=1S/C36H38N2/c1-23-18-20-35(3,4)31-27-14-7-9-16-29(27)37(33(23)31)25-12-11-13-26(22-25)38-30-17-10-8-15-28(30)32-34(38)24(2)19-21-36(32,5)6/h7-24,31,33H,1-6H3. The van der Waals surface area contributed by atoms with Crippen LogP contribution in [-0.4, -0.2) is 10.6 Å². The smallest absolute Gasteiger partial charge is 0.0534 e. The zero-order valence-corrected chi connectivity index (χ0v) is 23.4. The first kappa shape index (κ1) is 23.6. The SMILES string of the molecule is CC1C=CC(C)(C)c2c1n(-c1cccc(N3c4ccccc4C4C3C(C)C=CC4(C)C)c1)c1ccccc21. The fourth-order valence-corrected chi connectivity index (χ4v) is 7.76. The lowest BCUT2D eigenvalue weighted by molar-refractivity contribution is 0.284. The van der Waals surface area contributed by atoms with Crippen LogP contribution in [0.3, 0.4) is 0 Å². The van der Waals surface area contributed by atoms with Crippen molar-refractivity contribution in [3.8, 4) is 5.69 Å². The molecule has 1 aliphatic heterocycles. The number of rotatable bonds is 2. The molecule has 0 saturated carbocycles. The van der Waals surface area contributed by atoms with Crippen LogP contribution in [0, 0.1) is 11.3 Å². The predicted molar refractivity (Wildman–Crippen MR) is 161 cm³/mol. The molecular weight excluding hydrogens is 460 g/mol. The van der Waals surface area contributed by atoms with Crippen molar-refractivity contribution in [1.29, 1.82) is 0 Å². The third kappa shape index (κ3) is 3.19. The molecule has 4 aromatic rings. The van der Waals surface area contributed by atoms with Crippen molar-refractivity contribution in [3.63, 3.8) is 0 Å². The number of anilines is 2. The van der Waals surface area contributed by atoms with Gasteiger partial charge in [-0.2, -0.15) is 0 Å². The van der Waals surface area contributed by atoms with Gasteiger partial charge in [0.25, 0.3) is 0 Å². The van der Waals surface area contributed by atoms with Gasteiger partial charge in [0.05, 0.1) is 5.52 Å². The molecule has 192 valence electrons. The summed E-state index contributed by atoms with van der Waals surface area (Å²) in [6.07, 6.45) is 9.68. The summed E-state index contributed by atoms with van der Waals surface area (Å²) in [6, 6.07) is 27.7. The maximum absolute atomic E-state index is 2.64. The van der Waals surface area contributed by atoms with E-state index < -0.39 is 0 Å². The van der Waals surface area contributed by atoms with Gasteiger partial charge >= 0.3 is 0 Å². The zero-order chi connectivity index (χ0) is 26.4. The summed E-state index contributed by atoms with van der Waals surface area (Å²) in [5.74, 6) is 1.29. The second-order valence-corrected chi connectivity index (χ2v) is 12.9. The molecule has 4 atom stereocenters. The number of hydrogen-bond acceptors (Lipinski definition) is 1. The predicted octanol–water partition coefficient (Wildman–Crippen LogP) is 9.42. The highest BCUT2D eigenvalue weighted by Gasteiger charge is 2.49. The summed E-state index contributed by atoms with van der Waals surface area (Å²) in [6.45, 7) is 14.2. The highest BCUT2D eigenvalue weighted by molar-refractivity contribution is 5.90. The highest BCUT2D eigenvalue weighted by atomic mass is 15.2. The molecule has 0 N–H and O–H groups in total. The molecule has 2 heteroatoms. The fourth-order valence-electron chi connectivity index (χ4n) is 7.76. The van der Waals surface area contributed by atoms with Crippen molar-refractivity contribution in [2.75, 3.05) is 4.90 Å². The van der Waals surface area contributed by atoms with E-state index in [1.165, 1.54) is 44.8 Å². The van der Waals surface area contributed by atoms with Gasteiger partial charge in [-0.15, -0.1) is 0 Å². The fraction of sp³-hybridized carbons (Fsp3) is 0.333. The van der Waals surface area contributed by atoms with Crippen molar-refractivity contribution < 1.29 is 0 Å². The molecule has 0 fully saturated rings. The first-order valence-electron chi connectivity index (χ1n) is 14.2. The van der Waals surface area contributed by atoms with Crippen LogP contribution in [0.15, 0.2) is 97.1 Å². The molecule has 0 spiro atoms. The summed E-state index contributed by atoms with van der Waals surface area (Å²) in [7, 11) is 0. The van der Waals surface area contributed by atoms with Crippen LogP contribution >= 0.6 is 0 Å². The van der Waals surface area contributed by atoms with Crippen LogP contribution < -0.4 is 4.90 Å². The van der Waals surface area contributed by atoms with Crippen LogP contribution in [-0.2, 0) is 5.41 Å². The van der Waals surface area contributed by atoms with Gasteiger partial charge < -0.3 is 9.47 Å². The Kier molecular flexibility index (Phi) is 4.96. The monoisotopic (exact) mass is 498 g/mol. The molecule has 0 amide bonds. The average Bonchev–Trinajstić information content (AvgIpc) is 3.45. The van der Waals surface area contributed by atoms with E-state index in [9.17, 15) is 0 Å². The van der Waals surface area contributed by atoms with Crippen LogP contribution in [0.5, 0.6) is 0 Å². The van der Waals surface area contributed by atoms with E-state index in [4.69, 9.17) is 0 Å². The molecule has 3 aliphatic rings. The van der Waals surface area contributed by atoms with Gasteiger partial charge in [0, 0.05) is 51.4 Å². The molecule has 3 aromatic carbocycles. The van der Waals surface area contributed by atoms with Crippen LogP contribution in [0.2, 0.25) is 0 Å². The van der Waals surface area contributed by atoms with Crippen molar-refractivity contribution in [1.82, 2.24) is 4.57 Å². The molecule has 2 nitrogen and oxygen atoms in total. The van der Waals surface area contributed by atoms with Gasteiger partial charge in [-0.3, -0.25) is 0 Å². The Morgan fingerprint density at radius 2 is 1.47 bits per heavy atom. The Labute approximate surface area is 227 Å². The van der Waals surface area contributed by atoms with Crippen molar-refractivity contribution in [3.05, 3.63) is 114 Å². The van der Waals surface area contributed by atoms with E-state index in [-0.39, 0.29) is 10.8 Å². The maximum atomic E-state index is 2.64. The lowest BCUT2D eigenvalue weighted by Crippen LogP contribution is -2.42. The van der Waals surface area contributed by atoms with Gasteiger partial charge in [-0.05, 0) is 52.8 Å². The van der Waals surface area contributed by atoms with Gasteiger partial charge in [0.15, 0.2) is 0 Å². The maximum Gasteiger partial charge on any atom is 0.0534 e. The summed E-state index contributed by atoms with van der Waals surface area (Å²) in [5.41, 5.74) is 9.67. The molecule has 4 unspecified atom stereocenters. The Balaban J connectivity index is 1.45. The summed E-state index contributed by atoms with van der Waals surface area (Å²) in [4.78, 5) is 2.64. The normalized spacial score (nSPS) is 26.3. The Morgan fingerprint density at radius 1 is 0.737 bits per heavy atom. The molecule has 7 rings (SSSR count). The summed E-state index contributed by atoms with van der Waals surface area (Å²) < 4.78 is 2.54. The van der Waals surface area contributed by atoms with Crippen LogP contribution in [0.25, 0.3) is 16.6 Å². The zero-order valence-electron chi connectivity index (χ0n) is 23.4. The third-order valence-electron chi connectivity index (χ3n) is 9.50. The Morgan fingerprint density at radius 3 is 2.32 bits per heavy atom. The van der Waals surface area contributed by atoms with E-state index in [2.05, 4.69) is 148 Å². The quantitative estimate of drug-likeness (QED) is 0.250. The molecule has 2 heterocycles. The van der Waals surface area contributed by atoms with Crippen LogP contribution in [0.4, 0.5) is 11.4 Å². The minimum atomic E-state index is 0.000861. The molecule has 0 saturated heterocycles. The van der Waals surface area contributed by atoms with Gasteiger partial charge in [-0.25, -0.2) is 0 Å². The van der Waals surface area contributed by atoms with Gasteiger partial charge in [-0.1, -0.05) is 108 Å². The molecule has 38 heavy (non-hydrogen) atoms. The Bertz CT molecular complexity index is 1630. The van der Waals surface area contributed by atoms with E-state index in [0.29, 0.717) is 23.8 Å². The summed E-state index contributed by atoms with van der Waals surface area (Å²) >= 11 is 0. The number of hydrogen-bond donors (Lipinski definition) is 0. The van der Waals surface area contributed by atoms with Crippen molar-refractivity contribution >= 4 is 22.3 Å². The second-order valence-electron chi connectivity index (χ2n) is 12.9.